The molecule has 8 nitrogen and oxygen atoms in total. The quantitative estimate of drug-likeness (QED) is 0.291. The van der Waals surface area contributed by atoms with Gasteiger partial charge in [-0.25, -0.2) is 5.43 Å². The predicted molar refractivity (Wildman–Crippen MR) is 123 cm³/mol. The van der Waals surface area contributed by atoms with Crippen molar-refractivity contribution in [2.24, 2.45) is 5.10 Å². The van der Waals surface area contributed by atoms with Gasteiger partial charge in [0.1, 0.15) is 5.75 Å². The number of rotatable bonds is 7. The second-order valence-electron chi connectivity index (χ2n) is 6.37. The van der Waals surface area contributed by atoms with Gasteiger partial charge in [0.25, 0.3) is 5.91 Å². The molecule has 3 aromatic carbocycles. The molecule has 0 atom stereocenters. The number of hydrogen-bond donors (Lipinski definition) is 3. The molecule has 32 heavy (non-hydrogen) atoms. The summed E-state index contributed by atoms with van der Waals surface area (Å²) >= 11 is 5.95. The number of benzene rings is 3. The SMILES string of the molecule is O=C(COc1ccccc1/C=N\NC(=O)C(=O)Nc1ccccc1Cl)Nc1ccccc1. The summed E-state index contributed by atoms with van der Waals surface area (Å²) in [4.78, 5) is 36.0. The Balaban J connectivity index is 1.53. The van der Waals surface area contributed by atoms with E-state index in [0.717, 1.165) is 0 Å². The number of carbonyl (C=O) groups is 3. The van der Waals surface area contributed by atoms with E-state index in [9.17, 15) is 14.4 Å². The molecular weight excluding hydrogens is 432 g/mol. The zero-order chi connectivity index (χ0) is 22.8. The molecule has 0 aliphatic carbocycles. The number of nitrogens with zero attached hydrogens (tertiary/aromatic N) is 1. The van der Waals surface area contributed by atoms with Crippen molar-refractivity contribution in [3.05, 3.63) is 89.4 Å². The summed E-state index contributed by atoms with van der Waals surface area (Å²) in [6, 6.07) is 22.3. The van der Waals surface area contributed by atoms with Crippen molar-refractivity contribution in [2.45, 2.75) is 0 Å². The minimum absolute atomic E-state index is 0.216. The van der Waals surface area contributed by atoms with Gasteiger partial charge >= 0.3 is 11.8 Å². The van der Waals surface area contributed by atoms with Gasteiger partial charge in [-0.05, 0) is 36.4 Å². The van der Waals surface area contributed by atoms with Crippen LogP contribution in [0.2, 0.25) is 5.02 Å². The van der Waals surface area contributed by atoms with Crippen molar-refractivity contribution in [2.75, 3.05) is 17.2 Å². The fourth-order valence-corrected chi connectivity index (χ4v) is 2.72. The van der Waals surface area contributed by atoms with Crippen LogP contribution in [0.25, 0.3) is 0 Å². The van der Waals surface area contributed by atoms with Crippen LogP contribution in [0.3, 0.4) is 0 Å². The van der Waals surface area contributed by atoms with E-state index in [0.29, 0.717) is 27.7 Å². The van der Waals surface area contributed by atoms with Crippen LogP contribution in [0.1, 0.15) is 5.56 Å². The van der Waals surface area contributed by atoms with Gasteiger partial charge in [0.05, 0.1) is 16.9 Å². The molecule has 0 saturated carbocycles. The van der Waals surface area contributed by atoms with E-state index in [1.807, 2.05) is 18.2 Å². The van der Waals surface area contributed by atoms with Crippen LogP contribution in [-0.2, 0) is 14.4 Å². The molecule has 0 spiro atoms. The lowest BCUT2D eigenvalue weighted by atomic mass is 10.2. The highest BCUT2D eigenvalue weighted by Gasteiger charge is 2.14. The molecule has 3 amide bonds. The first-order valence-electron chi connectivity index (χ1n) is 9.48. The van der Waals surface area contributed by atoms with Gasteiger partial charge < -0.3 is 15.4 Å². The van der Waals surface area contributed by atoms with Gasteiger partial charge in [0.2, 0.25) is 0 Å². The summed E-state index contributed by atoms with van der Waals surface area (Å²) in [5.74, 6) is -1.83. The molecule has 0 fully saturated rings. The minimum Gasteiger partial charge on any atom is -0.483 e. The van der Waals surface area contributed by atoms with Crippen molar-refractivity contribution >= 4 is 46.9 Å². The molecule has 3 aromatic rings. The van der Waals surface area contributed by atoms with E-state index in [1.165, 1.54) is 6.21 Å². The van der Waals surface area contributed by atoms with Crippen molar-refractivity contribution < 1.29 is 19.1 Å². The van der Waals surface area contributed by atoms with Crippen LogP contribution in [0.5, 0.6) is 5.75 Å². The average Bonchev–Trinajstić information content (AvgIpc) is 2.80. The van der Waals surface area contributed by atoms with Crippen LogP contribution in [-0.4, -0.2) is 30.5 Å². The normalized spacial score (nSPS) is 10.4. The minimum atomic E-state index is -0.971. The van der Waals surface area contributed by atoms with E-state index < -0.39 is 11.8 Å². The van der Waals surface area contributed by atoms with Gasteiger partial charge in [0.15, 0.2) is 6.61 Å². The Morgan fingerprint density at radius 2 is 1.53 bits per heavy atom. The van der Waals surface area contributed by atoms with Gasteiger partial charge in [0, 0.05) is 11.3 Å². The van der Waals surface area contributed by atoms with Crippen LogP contribution >= 0.6 is 11.6 Å². The summed E-state index contributed by atoms with van der Waals surface area (Å²) in [6.45, 7) is -0.216. The Hall–Kier alpha value is -4.17. The van der Waals surface area contributed by atoms with Crippen LogP contribution in [0.4, 0.5) is 11.4 Å². The first kappa shape index (κ1) is 22.5. The largest absolute Gasteiger partial charge is 0.483 e. The number of nitrogens with one attached hydrogen (secondary N) is 3. The maximum Gasteiger partial charge on any atom is 0.329 e. The molecule has 0 aromatic heterocycles. The molecule has 0 aliphatic heterocycles. The molecule has 0 heterocycles. The van der Waals surface area contributed by atoms with Gasteiger partial charge in [-0.1, -0.05) is 54.1 Å². The lowest BCUT2D eigenvalue weighted by Crippen LogP contribution is -2.32. The zero-order valence-electron chi connectivity index (χ0n) is 16.7. The van der Waals surface area contributed by atoms with E-state index in [1.54, 1.807) is 60.7 Å². The number of anilines is 2. The number of amides is 3. The van der Waals surface area contributed by atoms with Crippen molar-refractivity contribution in [3.8, 4) is 5.75 Å². The third-order valence-electron chi connectivity index (χ3n) is 4.03. The lowest BCUT2D eigenvalue weighted by molar-refractivity contribution is -0.136. The Bertz CT molecular complexity index is 1140. The summed E-state index contributed by atoms with van der Waals surface area (Å²) in [6.07, 6.45) is 1.31. The van der Waals surface area contributed by atoms with E-state index in [4.69, 9.17) is 16.3 Å². The van der Waals surface area contributed by atoms with E-state index in [2.05, 4.69) is 21.2 Å². The fraction of sp³-hybridized carbons (Fsp3) is 0.0435. The van der Waals surface area contributed by atoms with Gasteiger partial charge in [-0.15, -0.1) is 0 Å². The highest BCUT2D eigenvalue weighted by atomic mass is 35.5. The second kappa shape index (κ2) is 11.3. The summed E-state index contributed by atoms with van der Waals surface area (Å²) < 4.78 is 5.56. The summed E-state index contributed by atoms with van der Waals surface area (Å²) in [5, 5.41) is 9.20. The van der Waals surface area contributed by atoms with Gasteiger partial charge in [-0.3, -0.25) is 14.4 Å². The van der Waals surface area contributed by atoms with E-state index >= 15 is 0 Å². The number of halogens is 1. The Morgan fingerprint density at radius 1 is 0.844 bits per heavy atom. The molecule has 162 valence electrons. The maximum atomic E-state index is 12.1. The first-order valence-corrected chi connectivity index (χ1v) is 9.86. The molecule has 0 unspecified atom stereocenters. The van der Waals surface area contributed by atoms with Crippen LogP contribution in [0, 0.1) is 0 Å². The number of hydrazone groups is 1. The Kier molecular flexibility index (Phi) is 7.94. The average molecular weight is 451 g/mol. The standard InChI is InChI=1S/C23H19ClN4O4/c24-18-11-5-6-12-19(18)27-22(30)23(31)28-25-14-16-8-4-7-13-20(16)32-15-21(29)26-17-9-2-1-3-10-17/h1-14H,15H2,(H,26,29)(H,27,30)(H,28,31)/b25-14-. The first-order chi connectivity index (χ1) is 15.5. The number of hydrogen-bond acceptors (Lipinski definition) is 5. The molecular formula is C23H19ClN4O4. The van der Waals surface area contributed by atoms with Crippen molar-refractivity contribution in [3.63, 3.8) is 0 Å². The van der Waals surface area contributed by atoms with E-state index in [-0.39, 0.29) is 12.5 Å². The molecule has 0 bridgehead atoms. The molecule has 3 rings (SSSR count). The topological polar surface area (TPSA) is 109 Å². The van der Waals surface area contributed by atoms with Crippen LogP contribution in [0.15, 0.2) is 84.0 Å². The highest BCUT2D eigenvalue weighted by Crippen LogP contribution is 2.20. The summed E-state index contributed by atoms with van der Waals surface area (Å²) in [7, 11) is 0. The summed E-state index contributed by atoms with van der Waals surface area (Å²) in [5.41, 5.74) is 3.61. The molecule has 3 N–H and O–H groups in total. The smallest absolute Gasteiger partial charge is 0.329 e. The monoisotopic (exact) mass is 450 g/mol. The maximum absolute atomic E-state index is 12.1. The molecule has 0 aliphatic rings. The van der Waals surface area contributed by atoms with Crippen molar-refractivity contribution in [1.29, 1.82) is 0 Å². The predicted octanol–water partition coefficient (Wildman–Crippen LogP) is 3.45. The third kappa shape index (κ3) is 6.68. The highest BCUT2D eigenvalue weighted by molar-refractivity contribution is 6.41. The number of para-hydroxylation sites is 3. The zero-order valence-corrected chi connectivity index (χ0v) is 17.5. The molecule has 0 saturated heterocycles. The number of ether oxygens (including phenoxy) is 1. The Labute approximate surface area is 189 Å². The number of carbonyl (C=O) groups excluding carboxylic acids is 3. The molecule has 9 heteroatoms. The molecule has 0 radical (unpaired) electrons. The van der Waals surface area contributed by atoms with Gasteiger partial charge in [-0.2, -0.15) is 5.10 Å². The Morgan fingerprint density at radius 3 is 2.31 bits per heavy atom. The fourth-order valence-electron chi connectivity index (χ4n) is 2.53. The lowest BCUT2D eigenvalue weighted by Gasteiger charge is -2.09. The van der Waals surface area contributed by atoms with Crippen LogP contribution < -0.4 is 20.8 Å². The third-order valence-corrected chi connectivity index (χ3v) is 4.36. The van der Waals surface area contributed by atoms with Crippen molar-refractivity contribution in [1.82, 2.24) is 5.43 Å². The second-order valence-corrected chi connectivity index (χ2v) is 6.78.